The fraction of sp³-hybridized carbons (Fsp3) is 0.211. The van der Waals surface area contributed by atoms with Gasteiger partial charge in [0.25, 0.3) is 0 Å². The van der Waals surface area contributed by atoms with Crippen LogP contribution in [0.25, 0.3) is 22.3 Å². The maximum absolute atomic E-state index is 12.3. The van der Waals surface area contributed by atoms with E-state index in [9.17, 15) is 4.79 Å². The molecule has 3 nitrogen and oxygen atoms in total. The summed E-state index contributed by atoms with van der Waals surface area (Å²) in [6, 6.07) is 15.0. The van der Waals surface area contributed by atoms with E-state index >= 15 is 0 Å². The van der Waals surface area contributed by atoms with Crippen LogP contribution in [0.3, 0.4) is 0 Å². The molecule has 0 amide bonds. The van der Waals surface area contributed by atoms with E-state index in [1.165, 1.54) is 3.58 Å². The van der Waals surface area contributed by atoms with Crippen molar-refractivity contribution in [2.45, 2.75) is 14.8 Å². The van der Waals surface area contributed by atoms with Gasteiger partial charge in [0.05, 0.1) is 0 Å². The number of fused-ring (bicyclic) bond motifs is 1. The molecule has 0 spiro atoms. The molecule has 0 saturated carbocycles. The molecule has 2 aromatic carbocycles. The Labute approximate surface area is 139 Å². The molecule has 0 bridgehead atoms. The van der Waals surface area contributed by atoms with E-state index in [1.807, 2.05) is 30.3 Å². The van der Waals surface area contributed by atoms with Crippen molar-refractivity contribution in [2.75, 3.05) is 7.11 Å². The van der Waals surface area contributed by atoms with E-state index in [2.05, 4.69) is 20.9 Å². The van der Waals surface area contributed by atoms with Gasteiger partial charge in [0, 0.05) is 0 Å². The van der Waals surface area contributed by atoms with Gasteiger partial charge in [-0.05, 0) is 0 Å². The molecule has 0 atom stereocenters. The molecule has 4 heteroatoms. The Morgan fingerprint density at radius 2 is 1.74 bits per heavy atom. The van der Waals surface area contributed by atoms with Crippen LogP contribution in [-0.2, 0) is 0 Å². The predicted molar refractivity (Wildman–Crippen MR) is 97.5 cm³/mol. The standard InChI is InChI=1S/C16H11O3.3CH3.Sn/c1-18-12-8-6-11(7-9-12)16-10-14(17)13-4-2-3-5-15(13)19-16;;;;/h2-8,10H,1H3;3*1H3;. The summed E-state index contributed by atoms with van der Waals surface area (Å²) < 4.78 is 12.8. The molecule has 0 unspecified atom stereocenters. The number of rotatable bonds is 3. The topological polar surface area (TPSA) is 39.4 Å². The summed E-state index contributed by atoms with van der Waals surface area (Å²) in [5.41, 5.74) is 1.53. The number of benzene rings is 2. The van der Waals surface area contributed by atoms with Crippen LogP contribution in [0.15, 0.2) is 57.7 Å². The fourth-order valence-corrected chi connectivity index (χ4v) is 7.01. The molecular formula is C19H20O3Sn. The second-order valence-electron chi connectivity index (χ2n) is 6.64. The van der Waals surface area contributed by atoms with Crippen LogP contribution in [0.4, 0.5) is 0 Å². The Morgan fingerprint density at radius 3 is 2.43 bits per heavy atom. The molecular weight excluding hydrogens is 395 g/mol. The fourth-order valence-electron chi connectivity index (χ4n) is 2.69. The van der Waals surface area contributed by atoms with Crippen LogP contribution < -0.4 is 13.7 Å². The van der Waals surface area contributed by atoms with Crippen LogP contribution in [0, 0.1) is 0 Å². The van der Waals surface area contributed by atoms with Gasteiger partial charge < -0.3 is 0 Å². The molecule has 0 fully saturated rings. The number of methoxy groups -OCH3 is 1. The Kier molecular flexibility index (Phi) is 4.23. The van der Waals surface area contributed by atoms with E-state index in [1.54, 1.807) is 19.2 Å². The molecule has 0 aliphatic heterocycles. The van der Waals surface area contributed by atoms with Crippen molar-refractivity contribution in [2.24, 2.45) is 0 Å². The van der Waals surface area contributed by atoms with Crippen LogP contribution in [0.2, 0.25) is 14.8 Å². The Hall–Kier alpha value is -1.75. The van der Waals surface area contributed by atoms with Gasteiger partial charge in [-0.25, -0.2) is 0 Å². The van der Waals surface area contributed by atoms with Crippen molar-refractivity contribution >= 4 is 32.9 Å². The molecule has 3 aromatic rings. The first-order valence-corrected chi connectivity index (χ1v) is 17.6. The van der Waals surface area contributed by atoms with E-state index in [0.717, 1.165) is 11.3 Å². The van der Waals surface area contributed by atoms with Crippen LogP contribution >= 0.6 is 0 Å². The molecule has 1 heterocycles. The second-order valence-corrected chi connectivity index (χ2v) is 21.0. The van der Waals surface area contributed by atoms with Gasteiger partial charge in [0.2, 0.25) is 0 Å². The van der Waals surface area contributed by atoms with Crippen molar-refractivity contribution in [1.82, 2.24) is 0 Å². The Balaban J connectivity index is 2.21. The van der Waals surface area contributed by atoms with Crippen molar-refractivity contribution < 1.29 is 9.15 Å². The van der Waals surface area contributed by atoms with Gasteiger partial charge in [0.15, 0.2) is 0 Å². The first-order chi connectivity index (χ1) is 10.9. The summed E-state index contributed by atoms with van der Waals surface area (Å²) in [4.78, 5) is 19.3. The summed E-state index contributed by atoms with van der Waals surface area (Å²) in [6.07, 6.45) is 0. The van der Waals surface area contributed by atoms with Crippen LogP contribution in [0.5, 0.6) is 5.75 Å². The van der Waals surface area contributed by atoms with E-state index in [4.69, 9.17) is 9.15 Å². The minimum absolute atomic E-state index is 0.0153. The zero-order valence-electron chi connectivity index (χ0n) is 13.8. The molecule has 1 aromatic heterocycles. The van der Waals surface area contributed by atoms with E-state index < -0.39 is 18.4 Å². The summed E-state index contributed by atoms with van der Waals surface area (Å²) in [5.74, 6) is 1.54. The molecule has 3 rings (SSSR count). The third-order valence-corrected chi connectivity index (χ3v) is 9.65. The van der Waals surface area contributed by atoms with Gasteiger partial charge in [-0.3, -0.25) is 0 Å². The summed E-state index contributed by atoms with van der Waals surface area (Å²) in [7, 11) is 1.70. The Bertz CT molecular complexity index is 920. The molecule has 0 radical (unpaired) electrons. The SMILES string of the molecule is COc1ccc(-c2cc(=O)c3ccccc3o2)c[c]1[Sn]([CH3])([CH3])[CH3]. The van der Waals surface area contributed by atoms with Gasteiger partial charge in [-0.2, -0.15) is 0 Å². The van der Waals surface area contributed by atoms with Crippen molar-refractivity contribution in [3.05, 3.63) is 58.8 Å². The average Bonchev–Trinajstić information content (AvgIpc) is 2.53. The number of para-hydroxylation sites is 1. The molecule has 0 N–H and O–H groups in total. The zero-order valence-corrected chi connectivity index (χ0v) is 16.7. The van der Waals surface area contributed by atoms with Crippen LogP contribution in [0.1, 0.15) is 0 Å². The normalized spacial score (nSPS) is 11.7. The second kappa shape index (κ2) is 6.04. The first kappa shape index (κ1) is 16.1. The van der Waals surface area contributed by atoms with Gasteiger partial charge in [0.1, 0.15) is 0 Å². The summed E-state index contributed by atoms with van der Waals surface area (Å²) in [6.45, 7) is 0. The minimum atomic E-state index is -2.35. The van der Waals surface area contributed by atoms with Gasteiger partial charge >= 0.3 is 140 Å². The maximum atomic E-state index is 12.3. The predicted octanol–water partition coefficient (Wildman–Crippen LogP) is 4.01. The van der Waals surface area contributed by atoms with Crippen molar-refractivity contribution in [3.8, 4) is 17.1 Å². The molecule has 0 saturated heterocycles. The van der Waals surface area contributed by atoms with Gasteiger partial charge in [-0.15, -0.1) is 0 Å². The quantitative estimate of drug-likeness (QED) is 0.607. The number of hydrogen-bond acceptors (Lipinski definition) is 3. The molecule has 23 heavy (non-hydrogen) atoms. The van der Waals surface area contributed by atoms with Crippen molar-refractivity contribution in [1.29, 1.82) is 0 Å². The third-order valence-electron chi connectivity index (χ3n) is 3.93. The molecule has 0 aliphatic carbocycles. The summed E-state index contributed by atoms with van der Waals surface area (Å²) in [5, 5.41) is 0.611. The van der Waals surface area contributed by atoms with Gasteiger partial charge in [-0.1, -0.05) is 0 Å². The monoisotopic (exact) mass is 416 g/mol. The zero-order chi connectivity index (χ0) is 16.6. The summed E-state index contributed by atoms with van der Waals surface area (Å²) >= 11 is -2.35. The number of ether oxygens (including phenoxy) is 1. The number of hydrogen-bond donors (Lipinski definition) is 0. The molecule has 118 valence electrons. The molecule has 0 aliphatic rings. The van der Waals surface area contributed by atoms with E-state index in [0.29, 0.717) is 16.7 Å². The Morgan fingerprint density at radius 1 is 1.00 bits per heavy atom. The average molecular weight is 415 g/mol. The first-order valence-electron chi connectivity index (χ1n) is 7.62. The van der Waals surface area contributed by atoms with Crippen LogP contribution in [-0.4, -0.2) is 25.5 Å². The van der Waals surface area contributed by atoms with E-state index in [-0.39, 0.29) is 5.43 Å². The van der Waals surface area contributed by atoms with Crippen molar-refractivity contribution in [3.63, 3.8) is 0 Å². The third kappa shape index (κ3) is 3.15.